The van der Waals surface area contributed by atoms with Crippen molar-refractivity contribution >= 4 is 39.4 Å². The van der Waals surface area contributed by atoms with E-state index in [0.29, 0.717) is 28.2 Å². The molecule has 0 saturated carbocycles. The molecule has 4 rings (SSSR count). The van der Waals surface area contributed by atoms with Crippen LogP contribution in [0.25, 0.3) is 6.08 Å². The maximum absolute atomic E-state index is 12.9. The Morgan fingerprint density at radius 3 is 2.30 bits per heavy atom. The van der Waals surface area contributed by atoms with Crippen LogP contribution in [-0.2, 0) is 0 Å². The largest absolute Gasteiger partial charge is 0.452 e. The molecule has 0 N–H and O–H groups in total. The number of carbonyl (C=O) groups is 2. The number of benzene rings is 3. The summed E-state index contributed by atoms with van der Waals surface area (Å²) < 4.78 is 12.4. The summed E-state index contributed by atoms with van der Waals surface area (Å²) in [5, 5.41) is 0. The molecule has 0 atom stereocenters. The second kappa shape index (κ2) is 9.63. The van der Waals surface area contributed by atoms with Gasteiger partial charge in [0.05, 0.1) is 11.1 Å². The quantitative estimate of drug-likeness (QED) is 0.219. The summed E-state index contributed by atoms with van der Waals surface area (Å²) in [5.41, 5.74) is 3.51. The molecule has 0 saturated heterocycles. The van der Waals surface area contributed by atoms with Crippen molar-refractivity contribution in [1.29, 1.82) is 0 Å². The fourth-order valence-corrected chi connectivity index (χ4v) is 4.01. The van der Waals surface area contributed by atoms with E-state index >= 15 is 0 Å². The third-order valence-corrected chi connectivity index (χ3v) is 6.17. The SMILES string of the molecule is CCN(CC)c1ccc(/C=C2\Oc3c(ccc(OC(=O)c4ccc(Br)cc4)c3C)C2=O)cc1. The fourth-order valence-electron chi connectivity index (χ4n) is 3.74. The zero-order chi connectivity index (χ0) is 23.5. The van der Waals surface area contributed by atoms with Crippen molar-refractivity contribution in [2.24, 2.45) is 0 Å². The lowest BCUT2D eigenvalue weighted by atomic mass is 10.1. The van der Waals surface area contributed by atoms with Gasteiger partial charge in [-0.3, -0.25) is 4.79 Å². The van der Waals surface area contributed by atoms with Gasteiger partial charge < -0.3 is 14.4 Å². The first-order valence-electron chi connectivity index (χ1n) is 10.8. The van der Waals surface area contributed by atoms with Gasteiger partial charge in [0.15, 0.2) is 5.76 Å². The Balaban J connectivity index is 1.55. The molecule has 1 aliphatic heterocycles. The van der Waals surface area contributed by atoms with Crippen molar-refractivity contribution in [2.75, 3.05) is 18.0 Å². The lowest BCUT2D eigenvalue weighted by molar-refractivity contribution is 0.0733. The van der Waals surface area contributed by atoms with Crippen molar-refractivity contribution in [2.45, 2.75) is 20.8 Å². The van der Waals surface area contributed by atoms with E-state index in [1.165, 1.54) is 0 Å². The molecule has 0 amide bonds. The predicted octanol–water partition coefficient (Wildman–Crippen LogP) is 6.44. The van der Waals surface area contributed by atoms with Gasteiger partial charge in [0.25, 0.3) is 0 Å². The number of carbonyl (C=O) groups excluding carboxylic acids is 2. The molecule has 33 heavy (non-hydrogen) atoms. The van der Waals surface area contributed by atoms with Crippen LogP contribution in [0.2, 0.25) is 0 Å². The van der Waals surface area contributed by atoms with Crippen LogP contribution in [-0.4, -0.2) is 24.8 Å². The highest BCUT2D eigenvalue weighted by Crippen LogP contribution is 2.39. The number of allylic oxidation sites excluding steroid dienone is 1. The summed E-state index contributed by atoms with van der Waals surface area (Å²) in [6, 6.07) is 18.2. The molecule has 0 aromatic heterocycles. The highest BCUT2D eigenvalue weighted by atomic mass is 79.9. The maximum atomic E-state index is 12.9. The number of hydrogen-bond acceptors (Lipinski definition) is 5. The minimum atomic E-state index is -0.473. The summed E-state index contributed by atoms with van der Waals surface area (Å²) in [7, 11) is 0. The summed E-state index contributed by atoms with van der Waals surface area (Å²) in [4.78, 5) is 27.7. The van der Waals surface area contributed by atoms with Gasteiger partial charge in [-0.1, -0.05) is 28.1 Å². The number of esters is 1. The minimum absolute atomic E-state index is 0.188. The Bertz CT molecular complexity index is 1230. The number of fused-ring (bicyclic) bond motifs is 1. The average molecular weight is 506 g/mol. The van der Waals surface area contributed by atoms with E-state index in [0.717, 1.165) is 28.8 Å². The van der Waals surface area contributed by atoms with E-state index in [1.54, 1.807) is 49.4 Å². The summed E-state index contributed by atoms with van der Waals surface area (Å²) in [5.74, 6) is 0.372. The summed E-state index contributed by atoms with van der Waals surface area (Å²) >= 11 is 3.35. The molecule has 1 heterocycles. The van der Waals surface area contributed by atoms with Crippen molar-refractivity contribution in [3.8, 4) is 11.5 Å². The van der Waals surface area contributed by atoms with Crippen LogP contribution in [0, 0.1) is 6.92 Å². The fraction of sp³-hybridized carbons (Fsp3) is 0.185. The Hall–Kier alpha value is -3.38. The van der Waals surface area contributed by atoms with E-state index in [9.17, 15) is 9.59 Å². The van der Waals surface area contributed by atoms with Crippen LogP contribution in [0.5, 0.6) is 11.5 Å². The first-order chi connectivity index (χ1) is 15.9. The van der Waals surface area contributed by atoms with Crippen molar-refractivity contribution < 1.29 is 19.1 Å². The zero-order valence-electron chi connectivity index (χ0n) is 18.7. The van der Waals surface area contributed by atoms with Crippen LogP contribution in [0.4, 0.5) is 5.69 Å². The molecule has 0 radical (unpaired) electrons. The Kier molecular flexibility index (Phi) is 6.65. The number of hydrogen-bond donors (Lipinski definition) is 0. The number of ketones is 1. The van der Waals surface area contributed by atoms with E-state index in [2.05, 4.69) is 34.7 Å². The summed E-state index contributed by atoms with van der Waals surface area (Å²) in [6.45, 7) is 7.88. The minimum Gasteiger partial charge on any atom is -0.452 e. The molecule has 3 aromatic carbocycles. The first-order valence-corrected chi connectivity index (χ1v) is 11.6. The van der Waals surface area contributed by atoms with E-state index in [-0.39, 0.29) is 11.5 Å². The molecule has 0 bridgehead atoms. The smallest absolute Gasteiger partial charge is 0.343 e. The first kappa shape index (κ1) is 22.8. The Morgan fingerprint density at radius 1 is 1.00 bits per heavy atom. The molecule has 6 heteroatoms. The highest BCUT2D eigenvalue weighted by Gasteiger charge is 2.30. The Morgan fingerprint density at radius 2 is 1.67 bits per heavy atom. The molecule has 1 aliphatic rings. The average Bonchev–Trinajstić information content (AvgIpc) is 3.14. The van der Waals surface area contributed by atoms with E-state index in [4.69, 9.17) is 9.47 Å². The number of rotatable bonds is 6. The number of halogens is 1. The monoisotopic (exact) mass is 505 g/mol. The maximum Gasteiger partial charge on any atom is 0.343 e. The van der Waals surface area contributed by atoms with Gasteiger partial charge in [0, 0.05) is 28.8 Å². The standard InChI is InChI=1S/C27H24BrNO4/c1-4-29(5-2)21-12-6-18(7-13-21)16-24-25(30)22-14-15-23(17(3)26(22)32-24)33-27(31)19-8-10-20(28)11-9-19/h6-16H,4-5H2,1-3H3/b24-16-. The summed E-state index contributed by atoms with van der Waals surface area (Å²) in [6.07, 6.45) is 1.74. The lowest BCUT2D eigenvalue weighted by Crippen LogP contribution is -2.21. The third-order valence-electron chi connectivity index (χ3n) is 5.64. The molecule has 0 spiro atoms. The van der Waals surface area contributed by atoms with Gasteiger partial charge in [-0.05, 0) is 80.9 Å². The van der Waals surface area contributed by atoms with Gasteiger partial charge in [-0.15, -0.1) is 0 Å². The van der Waals surface area contributed by atoms with Crippen LogP contribution in [0.15, 0.2) is 70.9 Å². The van der Waals surface area contributed by atoms with Gasteiger partial charge in [0.1, 0.15) is 11.5 Å². The Labute approximate surface area is 201 Å². The zero-order valence-corrected chi connectivity index (χ0v) is 20.3. The van der Waals surface area contributed by atoms with Gasteiger partial charge >= 0.3 is 5.97 Å². The second-order valence-electron chi connectivity index (χ2n) is 7.67. The molecule has 3 aromatic rings. The van der Waals surface area contributed by atoms with E-state index < -0.39 is 5.97 Å². The van der Waals surface area contributed by atoms with Crippen LogP contribution >= 0.6 is 15.9 Å². The number of ether oxygens (including phenoxy) is 2. The molecule has 168 valence electrons. The third kappa shape index (κ3) is 4.71. The molecule has 5 nitrogen and oxygen atoms in total. The number of nitrogens with zero attached hydrogens (tertiary/aromatic N) is 1. The lowest BCUT2D eigenvalue weighted by Gasteiger charge is -2.20. The highest BCUT2D eigenvalue weighted by molar-refractivity contribution is 9.10. The van der Waals surface area contributed by atoms with Crippen molar-refractivity contribution in [3.63, 3.8) is 0 Å². The normalized spacial score (nSPS) is 13.6. The molecule has 0 aliphatic carbocycles. The topological polar surface area (TPSA) is 55.8 Å². The number of anilines is 1. The molecular formula is C27H24BrNO4. The molecule has 0 unspecified atom stereocenters. The van der Waals surface area contributed by atoms with E-state index in [1.807, 2.05) is 24.3 Å². The van der Waals surface area contributed by atoms with Crippen LogP contribution in [0.3, 0.4) is 0 Å². The molecule has 0 fully saturated rings. The van der Waals surface area contributed by atoms with Gasteiger partial charge in [-0.25, -0.2) is 4.79 Å². The van der Waals surface area contributed by atoms with Crippen molar-refractivity contribution in [3.05, 3.63) is 93.1 Å². The number of Topliss-reactive ketones (excluding diaryl/α,β-unsaturated/α-hetero) is 1. The van der Waals surface area contributed by atoms with Crippen LogP contribution < -0.4 is 14.4 Å². The van der Waals surface area contributed by atoms with Crippen molar-refractivity contribution in [1.82, 2.24) is 0 Å². The van der Waals surface area contributed by atoms with Gasteiger partial charge in [0.2, 0.25) is 5.78 Å². The molecular weight excluding hydrogens is 482 g/mol. The predicted molar refractivity (Wildman–Crippen MR) is 133 cm³/mol. The van der Waals surface area contributed by atoms with Gasteiger partial charge in [-0.2, -0.15) is 0 Å². The second-order valence-corrected chi connectivity index (χ2v) is 8.58. The van der Waals surface area contributed by atoms with Crippen LogP contribution in [0.1, 0.15) is 45.7 Å².